The van der Waals surface area contributed by atoms with E-state index in [1.165, 1.54) is 0 Å². The van der Waals surface area contributed by atoms with Gasteiger partial charge < -0.3 is 10.6 Å². The van der Waals surface area contributed by atoms with Crippen LogP contribution in [0.1, 0.15) is 34.3 Å². The number of nitrogens with zero attached hydrogens (tertiary/aromatic N) is 1. The Kier molecular flexibility index (Phi) is 7.13. The van der Waals surface area contributed by atoms with E-state index >= 15 is 0 Å². The Hall–Kier alpha value is -2.70. The standard InChI is InChI=1S/C22H26BN4O3P/c1-24-18-8-3-5-14(20(18)31)11-25-17-7-4-6-15(13-28)16(17)12-27(2)22(23)10-9-19(29)26-21(22)30/h3-8,13,24-25H,9-12,31H2,1-2H3,(H,26,29,30). The topological polar surface area (TPSA) is 90.5 Å². The molecule has 1 aliphatic heterocycles. The predicted octanol–water partition coefficient (Wildman–Crippen LogP) is 1.39. The highest BCUT2D eigenvalue weighted by Gasteiger charge is 2.41. The van der Waals surface area contributed by atoms with Crippen molar-refractivity contribution in [3.63, 3.8) is 0 Å². The molecule has 3 N–H and O–H groups in total. The van der Waals surface area contributed by atoms with Crippen molar-refractivity contribution >= 4 is 51.9 Å². The number of piperidine rings is 1. The van der Waals surface area contributed by atoms with Crippen molar-refractivity contribution in [3.8, 4) is 0 Å². The van der Waals surface area contributed by atoms with Crippen molar-refractivity contribution in [2.45, 2.75) is 31.4 Å². The third-order valence-corrected chi connectivity index (χ3v) is 6.41. The lowest BCUT2D eigenvalue weighted by molar-refractivity contribution is -0.139. The van der Waals surface area contributed by atoms with Crippen LogP contribution in [0.25, 0.3) is 0 Å². The van der Waals surface area contributed by atoms with Crippen LogP contribution in [0.5, 0.6) is 0 Å². The number of aldehydes is 1. The number of imide groups is 1. The fourth-order valence-electron chi connectivity index (χ4n) is 3.69. The SMILES string of the molecule is [B]C1(N(C)Cc2c(C=O)cccc2NCc2cccc(NC)c2P)CCC(=O)NC1=O. The molecule has 1 heterocycles. The minimum absolute atomic E-state index is 0.172. The number of nitrogens with one attached hydrogen (secondary N) is 3. The molecule has 1 aliphatic rings. The van der Waals surface area contributed by atoms with Crippen molar-refractivity contribution in [1.82, 2.24) is 10.2 Å². The van der Waals surface area contributed by atoms with Crippen LogP contribution >= 0.6 is 9.24 Å². The summed E-state index contributed by atoms with van der Waals surface area (Å²) in [6.45, 7) is 0.815. The van der Waals surface area contributed by atoms with Crippen molar-refractivity contribution in [2.75, 3.05) is 24.7 Å². The molecule has 2 radical (unpaired) electrons. The van der Waals surface area contributed by atoms with Crippen LogP contribution in [0.2, 0.25) is 0 Å². The van der Waals surface area contributed by atoms with E-state index in [9.17, 15) is 14.4 Å². The fourth-order valence-corrected chi connectivity index (χ4v) is 4.13. The van der Waals surface area contributed by atoms with Gasteiger partial charge in [0.2, 0.25) is 11.8 Å². The second kappa shape index (κ2) is 9.63. The zero-order chi connectivity index (χ0) is 22.6. The molecule has 0 bridgehead atoms. The van der Waals surface area contributed by atoms with Crippen molar-refractivity contribution in [1.29, 1.82) is 0 Å². The summed E-state index contributed by atoms with van der Waals surface area (Å²) < 4.78 is 0. The molecule has 31 heavy (non-hydrogen) atoms. The van der Waals surface area contributed by atoms with E-state index in [1.807, 2.05) is 37.4 Å². The monoisotopic (exact) mass is 436 g/mol. The first-order chi connectivity index (χ1) is 14.8. The highest BCUT2D eigenvalue weighted by molar-refractivity contribution is 7.28. The van der Waals surface area contributed by atoms with Crippen LogP contribution in [-0.4, -0.2) is 50.4 Å². The second-order valence-corrected chi connectivity index (χ2v) is 8.21. The Morgan fingerprint density at radius 3 is 2.61 bits per heavy atom. The minimum atomic E-state index is -1.32. The Bertz CT molecular complexity index is 1020. The number of carbonyl (C=O) groups excluding carboxylic acids is 3. The van der Waals surface area contributed by atoms with E-state index < -0.39 is 11.3 Å². The quantitative estimate of drug-likeness (QED) is 0.251. The molecule has 0 aliphatic carbocycles. The summed E-state index contributed by atoms with van der Waals surface area (Å²) in [6.07, 6.45) is 1.18. The van der Waals surface area contributed by atoms with Crippen molar-refractivity contribution < 1.29 is 14.4 Å². The van der Waals surface area contributed by atoms with Crippen LogP contribution < -0.4 is 21.3 Å². The van der Waals surface area contributed by atoms with Crippen molar-refractivity contribution in [3.05, 3.63) is 53.1 Å². The lowest BCUT2D eigenvalue weighted by Crippen LogP contribution is -2.62. The van der Waals surface area contributed by atoms with Crippen LogP contribution in [0.4, 0.5) is 11.4 Å². The highest BCUT2D eigenvalue weighted by atomic mass is 31.0. The van der Waals surface area contributed by atoms with Gasteiger partial charge in [0.25, 0.3) is 0 Å². The molecule has 0 spiro atoms. The molecule has 1 fully saturated rings. The normalized spacial score (nSPS) is 18.6. The number of rotatable bonds is 8. The Morgan fingerprint density at radius 2 is 1.94 bits per heavy atom. The van der Waals surface area contributed by atoms with Gasteiger partial charge in [-0.15, -0.1) is 9.24 Å². The molecule has 9 heteroatoms. The summed E-state index contributed by atoms with van der Waals surface area (Å²) in [4.78, 5) is 37.3. The molecule has 7 nitrogen and oxygen atoms in total. The van der Waals surface area contributed by atoms with Gasteiger partial charge in [0.15, 0.2) is 0 Å². The zero-order valence-electron chi connectivity index (χ0n) is 17.7. The van der Waals surface area contributed by atoms with E-state index in [2.05, 4.69) is 25.2 Å². The van der Waals surface area contributed by atoms with Crippen LogP contribution in [0, 0.1) is 0 Å². The van der Waals surface area contributed by atoms with Gasteiger partial charge in [-0.3, -0.25) is 24.6 Å². The number of likely N-dealkylation sites (N-methyl/N-ethyl adjacent to an activating group) is 1. The number of benzene rings is 2. The molecule has 0 aromatic heterocycles. The number of anilines is 2. The third kappa shape index (κ3) is 4.81. The van der Waals surface area contributed by atoms with Crippen LogP contribution in [-0.2, 0) is 22.7 Å². The maximum absolute atomic E-state index is 12.4. The van der Waals surface area contributed by atoms with Gasteiger partial charge in [0.05, 0.1) is 5.44 Å². The molecule has 2 unspecified atom stereocenters. The van der Waals surface area contributed by atoms with E-state index in [1.54, 1.807) is 18.0 Å². The van der Waals surface area contributed by atoms with Gasteiger partial charge in [0, 0.05) is 43.5 Å². The Morgan fingerprint density at radius 1 is 1.23 bits per heavy atom. The number of hydrogen-bond acceptors (Lipinski definition) is 6. The molecular formula is C22H26BN4O3P. The lowest BCUT2D eigenvalue weighted by Gasteiger charge is -2.40. The molecule has 2 atom stereocenters. The summed E-state index contributed by atoms with van der Waals surface area (Å²) in [5, 5.41) is 9.94. The molecule has 2 aromatic carbocycles. The zero-order valence-corrected chi connectivity index (χ0v) is 18.9. The molecule has 2 amide bonds. The lowest BCUT2D eigenvalue weighted by atomic mass is 9.70. The highest BCUT2D eigenvalue weighted by Crippen LogP contribution is 2.27. The molecular weight excluding hydrogens is 410 g/mol. The average molecular weight is 436 g/mol. The van der Waals surface area contributed by atoms with Gasteiger partial charge in [-0.2, -0.15) is 0 Å². The summed E-state index contributed by atoms with van der Waals surface area (Å²) in [5.74, 6) is -0.854. The van der Waals surface area contributed by atoms with Gasteiger partial charge >= 0.3 is 0 Å². The first-order valence-electron chi connectivity index (χ1n) is 10.0. The van der Waals surface area contributed by atoms with E-state index in [-0.39, 0.29) is 25.3 Å². The van der Waals surface area contributed by atoms with E-state index in [4.69, 9.17) is 7.85 Å². The minimum Gasteiger partial charge on any atom is -0.388 e. The Labute approximate surface area is 186 Å². The first-order valence-corrected chi connectivity index (χ1v) is 10.6. The molecule has 3 rings (SSSR count). The summed E-state index contributed by atoms with van der Waals surface area (Å²) in [7, 11) is 12.7. The summed E-state index contributed by atoms with van der Waals surface area (Å²) >= 11 is 0. The number of amides is 2. The second-order valence-electron chi connectivity index (χ2n) is 7.63. The largest absolute Gasteiger partial charge is 0.388 e. The average Bonchev–Trinajstić information content (AvgIpc) is 2.76. The molecule has 1 saturated heterocycles. The number of hydrogen-bond donors (Lipinski definition) is 3. The van der Waals surface area contributed by atoms with Crippen LogP contribution in [0.3, 0.4) is 0 Å². The van der Waals surface area contributed by atoms with E-state index in [0.717, 1.165) is 34.1 Å². The fraction of sp³-hybridized carbons (Fsp3) is 0.318. The van der Waals surface area contributed by atoms with Gasteiger partial charge in [-0.05, 0) is 42.0 Å². The predicted molar refractivity (Wildman–Crippen MR) is 127 cm³/mol. The summed E-state index contributed by atoms with van der Waals surface area (Å²) in [5.41, 5.74) is 2.83. The molecule has 2 aromatic rings. The Balaban J connectivity index is 1.85. The van der Waals surface area contributed by atoms with Crippen LogP contribution in [0.15, 0.2) is 36.4 Å². The summed E-state index contributed by atoms with van der Waals surface area (Å²) in [6, 6.07) is 11.5. The van der Waals surface area contributed by atoms with Gasteiger partial charge in [-0.1, -0.05) is 24.3 Å². The maximum atomic E-state index is 12.4. The van der Waals surface area contributed by atoms with Gasteiger partial charge in [0.1, 0.15) is 14.1 Å². The molecule has 160 valence electrons. The maximum Gasteiger partial charge on any atom is 0.237 e. The molecule has 0 saturated carbocycles. The van der Waals surface area contributed by atoms with E-state index in [0.29, 0.717) is 12.1 Å². The number of carbonyl (C=O) groups is 3. The third-order valence-electron chi connectivity index (χ3n) is 5.73. The van der Waals surface area contributed by atoms with Gasteiger partial charge in [-0.25, -0.2) is 0 Å². The first kappa shape index (κ1) is 23.0. The smallest absolute Gasteiger partial charge is 0.237 e. The van der Waals surface area contributed by atoms with Crippen molar-refractivity contribution in [2.24, 2.45) is 0 Å².